The number of hydrogen-bond acceptors (Lipinski definition) is 2. The van der Waals surface area contributed by atoms with Gasteiger partial charge in [-0.2, -0.15) is 0 Å². The first kappa shape index (κ1) is 17.3. The van der Waals surface area contributed by atoms with E-state index in [1.54, 1.807) is 0 Å². The molecule has 0 fully saturated rings. The predicted octanol–water partition coefficient (Wildman–Crippen LogP) is 3.11. The summed E-state index contributed by atoms with van der Waals surface area (Å²) in [5, 5.41) is 8.39. The summed E-state index contributed by atoms with van der Waals surface area (Å²) in [5.74, 6) is -0.341. The molecule has 1 aromatic carbocycles. The highest BCUT2D eigenvalue weighted by Crippen LogP contribution is 2.29. The Kier molecular flexibility index (Phi) is 6.33. The molecule has 20 heavy (non-hydrogen) atoms. The molecule has 0 bridgehead atoms. The second-order valence-electron chi connectivity index (χ2n) is 4.14. The second-order valence-corrected chi connectivity index (χ2v) is 6.92. The minimum Gasteiger partial charge on any atom is -0.339 e. The van der Waals surface area contributed by atoms with Crippen molar-refractivity contribution in [3.63, 3.8) is 0 Å². The molecule has 0 unspecified atom stereocenters. The number of aryl methyl sites for hydroxylation is 1. The van der Waals surface area contributed by atoms with E-state index in [2.05, 4.69) is 16.0 Å². The molecule has 1 amide bonds. The Morgan fingerprint density at radius 1 is 1.20 bits per heavy atom. The summed E-state index contributed by atoms with van der Waals surface area (Å²) < 4.78 is -1.73. The third-order valence-corrected chi connectivity index (χ3v) is 3.13. The van der Waals surface area contributed by atoms with Crippen LogP contribution >= 0.6 is 47.0 Å². The van der Waals surface area contributed by atoms with Crippen LogP contribution in [0.5, 0.6) is 0 Å². The molecule has 0 heterocycles. The Morgan fingerprint density at radius 3 is 2.20 bits per heavy atom. The number of carbonyl (C=O) groups is 1. The minimum atomic E-state index is -1.73. The largest absolute Gasteiger partial charge is 0.339 e. The van der Waals surface area contributed by atoms with Crippen molar-refractivity contribution in [2.45, 2.75) is 23.8 Å². The average molecular weight is 355 g/mol. The average Bonchev–Trinajstić information content (AvgIpc) is 2.29. The van der Waals surface area contributed by atoms with Gasteiger partial charge in [0.2, 0.25) is 9.70 Å². The maximum absolute atomic E-state index is 11.1. The van der Waals surface area contributed by atoms with Gasteiger partial charge in [-0.05, 0) is 31.3 Å². The van der Waals surface area contributed by atoms with E-state index >= 15 is 0 Å². The van der Waals surface area contributed by atoms with E-state index in [0.29, 0.717) is 0 Å². The van der Waals surface area contributed by atoms with Crippen LogP contribution in [-0.4, -0.2) is 21.0 Å². The van der Waals surface area contributed by atoms with Crippen LogP contribution in [0.2, 0.25) is 0 Å². The number of alkyl halides is 3. The van der Waals surface area contributed by atoms with Crippen LogP contribution in [-0.2, 0) is 4.79 Å². The number of rotatable bonds is 3. The summed E-state index contributed by atoms with van der Waals surface area (Å²) in [5.41, 5.74) is 1.92. The van der Waals surface area contributed by atoms with Crippen molar-refractivity contribution >= 4 is 63.7 Å². The van der Waals surface area contributed by atoms with Gasteiger partial charge >= 0.3 is 0 Å². The molecule has 1 atom stereocenters. The van der Waals surface area contributed by atoms with Gasteiger partial charge in [0.05, 0.1) is 0 Å². The first-order chi connectivity index (χ1) is 9.18. The summed E-state index contributed by atoms with van der Waals surface area (Å²) in [6, 6.07) is 7.61. The maximum atomic E-state index is 11.1. The Balaban J connectivity index is 2.66. The van der Waals surface area contributed by atoms with Crippen molar-refractivity contribution in [1.82, 2.24) is 10.6 Å². The summed E-state index contributed by atoms with van der Waals surface area (Å²) in [7, 11) is 0. The molecule has 0 radical (unpaired) electrons. The number of anilines is 1. The molecule has 110 valence electrons. The van der Waals surface area contributed by atoms with Crippen LogP contribution in [0.4, 0.5) is 5.69 Å². The van der Waals surface area contributed by atoms with Gasteiger partial charge in [0.1, 0.15) is 6.17 Å². The molecule has 4 nitrogen and oxygen atoms in total. The van der Waals surface area contributed by atoms with Crippen LogP contribution in [0.3, 0.4) is 0 Å². The van der Waals surface area contributed by atoms with Crippen LogP contribution < -0.4 is 16.0 Å². The van der Waals surface area contributed by atoms with E-state index in [-0.39, 0.29) is 11.0 Å². The standard InChI is InChI=1S/C12H14Cl3N3OS/c1-7-3-5-9(6-4-7)17-11(20)18-10(12(13,14)15)16-8(2)19/h3-6,10H,1-2H3,(H,16,19)(H2,17,18,20)/t10-/m1/s1. The summed E-state index contributed by atoms with van der Waals surface area (Å²) >= 11 is 22.4. The van der Waals surface area contributed by atoms with Crippen LogP contribution in [0.15, 0.2) is 24.3 Å². The molecule has 3 N–H and O–H groups in total. The van der Waals surface area contributed by atoms with Crippen molar-refractivity contribution in [3.05, 3.63) is 29.8 Å². The fourth-order valence-electron chi connectivity index (χ4n) is 1.34. The lowest BCUT2D eigenvalue weighted by Crippen LogP contribution is -2.55. The first-order valence-electron chi connectivity index (χ1n) is 5.66. The molecule has 0 spiro atoms. The van der Waals surface area contributed by atoms with Gasteiger partial charge in [0.15, 0.2) is 5.11 Å². The topological polar surface area (TPSA) is 53.2 Å². The Labute approximate surface area is 138 Å². The van der Waals surface area contributed by atoms with Gasteiger partial charge in [0, 0.05) is 12.6 Å². The number of amides is 1. The number of benzene rings is 1. The molecular formula is C12H14Cl3N3OS. The number of hydrogen-bond donors (Lipinski definition) is 3. The predicted molar refractivity (Wildman–Crippen MR) is 88.4 cm³/mol. The van der Waals surface area contributed by atoms with Crippen molar-refractivity contribution in [2.24, 2.45) is 0 Å². The van der Waals surface area contributed by atoms with E-state index in [0.717, 1.165) is 11.3 Å². The highest BCUT2D eigenvalue weighted by molar-refractivity contribution is 7.80. The summed E-state index contributed by atoms with van der Waals surface area (Å²) in [6.45, 7) is 3.30. The van der Waals surface area contributed by atoms with Gasteiger partial charge in [-0.1, -0.05) is 52.5 Å². The van der Waals surface area contributed by atoms with Crippen molar-refractivity contribution < 1.29 is 4.79 Å². The van der Waals surface area contributed by atoms with Crippen molar-refractivity contribution in [1.29, 1.82) is 0 Å². The zero-order valence-electron chi connectivity index (χ0n) is 10.8. The highest BCUT2D eigenvalue weighted by Gasteiger charge is 2.33. The lowest BCUT2D eigenvalue weighted by molar-refractivity contribution is -0.119. The third kappa shape index (κ3) is 6.13. The zero-order chi connectivity index (χ0) is 15.3. The fraction of sp³-hybridized carbons (Fsp3) is 0.333. The van der Waals surface area contributed by atoms with E-state index in [1.807, 2.05) is 31.2 Å². The minimum absolute atomic E-state index is 0.235. The zero-order valence-corrected chi connectivity index (χ0v) is 13.9. The van der Waals surface area contributed by atoms with Gasteiger partial charge in [-0.25, -0.2) is 0 Å². The van der Waals surface area contributed by atoms with Crippen LogP contribution in [0.1, 0.15) is 12.5 Å². The quantitative estimate of drug-likeness (QED) is 0.443. The van der Waals surface area contributed by atoms with Crippen molar-refractivity contribution in [3.8, 4) is 0 Å². The molecular weight excluding hydrogens is 341 g/mol. The summed E-state index contributed by atoms with van der Waals surface area (Å²) in [4.78, 5) is 11.1. The van der Waals surface area contributed by atoms with Gasteiger partial charge in [-0.3, -0.25) is 4.79 Å². The Bertz CT molecular complexity index is 488. The van der Waals surface area contributed by atoms with E-state index < -0.39 is 9.96 Å². The lowest BCUT2D eigenvalue weighted by Gasteiger charge is -2.27. The smallest absolute Gasteiger partial charge is 0.228 e. The van der Waals surface area contributed by atoms with E-state index in [1.165, 1.54) is 6.92 Å². The lowest BCUT2D eigenvalue weighted by atomic mass is 10.2. The van der Waals surface area contributed by atoms with Gasteiger partial charge in [-0.15, -0.1) is 0 Å². The Morgan fingerprint density at radius 2 is 1.75 bits per heavy atom. The monoisotopic (exact) mass is 353 g/mol. The van der Waals surface area contributed by atoms with E-state index in [4.69, 9.17) is 47.0 Å². The normalized spacial score (nSPS) is 12.4. The van der Waals surface area contributed by atoms with Gasteiger partial charge < -0.3 is 16.0 Å². The Hall–Kier alpha value is -0.750. The maximum Gasteiger partial charge on any atom is 0.228 e. The number of thiocarbonyl (C=S) groups is 1. The molecule has 0 saturated carbocycles. The summed E-state index contributed by atoms with van der Waals surface area (Å²) in [6.07, 6.45) is -0.935. The third-order valence-electron chi connectivity index (χ3n) is 2.26. The molecule has 1 aromatic rings. The fourth-order valence-corrected chi connectivity index (χ4v) is 1.90. The first-order valence-corrected chi connectivity index (χ1v) is 7.20. The van der Waals surface area contributed by atoms with E-state index in [9.17, 15) is 4.79 Å². The number of nitrogens with one attached hydrogen (secondary N) is 3. The second kappa shape index (κ2) is 7.31. The molecule has 0 aromatic heterocycles. The van der Waals surface area contributed by atoms with Crippen molar-refractivity contribution in [2.75, 3.05) is 5.32 Å². The number of halogens is 3. The highest BCUT2D eigenvalue weighted by atomic mass is 35.6. The van der Waals surface area contributed by atoms with Crippen LogP contribution in [0, 0.1) is 6.92 Å². The van der Waals surface area contributed by atoms with Gasteiger partial charge in [0.25, 0.3) is 0 Å². The molecule has 1 rings (SSSR count). The SMILES string of the molecule is CC(=O)N[C@H](NC(=S)Nc1ccc(C)cc1)C(Cl)(Cl)Cl. The molecule has 8 heteroatoms. The molecule has 0 aliphatic carbocycles. The number of carbonyl (C=O) groups excluding carboxylic acids is 1. The molecule has 0 saturated heterocycles. The molecule has 0 aliphatic rings. The molecule has 0 aliphatic heterocycles. The van der Waals surface area contributed by atoms with Crippen LogP contribution in [0.25, 0.3) is 0 Å².